The van der Waals surface area contributed by atoms with Crippen LogP contribution in [0.1, 0.15) is 31.0 Å². The Bertz CT molecular complexity index is 1580. The summed E-state index contributed by atoms with van der Waals surface area (Å²) in [5, 5.41) is 13.2. The van der Waals surface area contributed by atoms with Crippen LogP contribution in [0.5, 0.6) is 0 Å². The number of nitrogens with zero attached hydrogens (tertiary/aromatic N) is 2. The van der Waals surface area contributed by atoms with Crippen molar-refractivity contribution in [1.29, 1.82) is 0 Å². The van der Waals surface area contributed by atoms with Crippen LogP contribution in [0.25, 0.3) is 16.5 Å². The van der Waals surface area contributed by atoms with Gasteiger partial charge in [-0.15, -0.1) is 0 Å². The van der Waals surface area contributed by atoms with Crippen molar-refractivity contribution in [2.45, 2.75) is 19.9 Å². The lowest BCUT2D eigenvalue weighted by atomic mass is 9.94. The van der Waals surface area contributed by atoms with E-state index in [4.69, 9.17) is 0 Å². The van der Waals surface area contributed by atoms with Crippen LogP contribution in [-0.2, 0) is 9.59 Å². The first-order valence-electron chi connectivity index (χ1n) is 12.4. The molecular weight excluding hydrogens is 486 g/mol. The van der Waals surface area contributed by atoms with E-state index in [1.165, 1.54) is 6.07 Å². The van der Waals surface area contributed by atoms with Crippen molar-refractivity contribution in [2.24, 2.45) is 0 Å². The standard InChI is InChI=1S/C31H26F2N2O3/c1-3-34(4-2)23-13-11-20(12-14-23)28-27(29(36)22-10-9-19-7-5-6-8-21(19)17-22)30(37)31(38)35(28)24-15-16-25(32)26(33)18-24/h5-18,28,36H,3-4H2,1-2H3/b29-27-. The number of carbonyl (C=O) groups excluding carboxylic acids is 2. The van der Waals surface area contributed by atoms with Crippen LogP contribution in [0.4, 0.5) is 20.2 Å². The van der Waals surface area contributed by atoms with E-state index in [1.807, 2.05) is 56.3 Å². The molecule has 0 saturated carbocycles. The summed E-state index contributed by atoms with van der Waals surface area (Å²) in [6, 6.07) is 22.2. The Balaban J connectivity index is 1.70. The number of aliphatic hydroxyl groups is 1. The SMILES string of the molecule is CCN(CC)c1ccc(C2/C(=C(/O)c3ccc4ccccc4c3)C(=O)C(=O)N2c2ccc(F)c(F)c2)cc1. The highest BCUT2D eigenvalue weighted by atomic mass is 19.2. The maximum Gasteiger partial charge on any atom is 0.300 e. The second-order valence-corrected chi connectivity index (χ2v) is 9.09. The van der Waals surface area contributed by atoms with E-state index in [-0.39, 0.29) is 17.0 Å². The third-order valence-corrected chi connectivity index (χ3v) is 6.99. The molecule has 4 aromatic rings. The number of halogens is 2. The molecule has 0 spiro atoms. The van der Waals surface area contributed by atoms with Gasteiger partial charge >= 0.3 is 0 Å². The van der Waals surface area contributed by atoms with Gasteiger partial charge in [-0.1, -0.05) is 48.5 Å². The molecule has 192 valence electrons. The summed E-state index contributed by atoms with van der Waals surface area (Å²) in [7, 11) is 0. The Hall–Kier alpha value is -4.52. The number of Topliss-reactive ketones (excluding diaryl/α,β-unsaturated/α-hetero) is 1. The molecule has 1 fully saturated rings. The van der Waals surface area contributed by atoms with Gasteiger partial charge in [0, 0.05) is 36.1 Å². The van der Waals surface area contributed by atoms with E-state index in [0.29, 0.717) is 11.1 Å². The van der Waals surface area contributed by atoms with Crippen LogP contribution >= 0.6 is 0 Å². The third kappa shape index (κ3) is 4.30. The van der Waals surface area contributed by atoms with E-state index in [9.17, 15) is 23.5 Å². The lowest BCUT2D eigenvalue weighted by molar-refractivity contribution is -0.132. The van der Waals surface area contributed by atoms with Crippen LogP contribution < -0.4 is 9.80 Å². The van der Waals surface area contributed by atoms with Gasteiger partial charge in [-0.25, -0.2) is 8.78 Å². The van der Waals surface area contributed by atoms with Crippen molar-refractivity contribution in [3.05, 3.63) is 113 Å². The van der Waals surface area contributed by atoms with Crippen LogP contribution in [0, 0.1) is 11.6 Å². The van der Waals surface area contributed by atoms with Gasteiger partial charge < -0.3 is 10.0 Å². The zero-order valence-electron chi connectivity index (χ0n) is 21.0. The number of rotatable bonds is 6. The average molecular weight is 513 g/mol. The number of ketones is 1. The first-order chi connectivity index (χ1) is 18.3. The van der Waals surface area contributed by atoms with Crippen molar-refractivity contribution < 1.29 is 23.5 Å². The van der Waals surface area contributed by atoms with Gasteiger partial charge in [0.1, 0.15) is 5.76 Å². The number of fused-ring (bicyclic) bond motifs is 1. The molecule has 0 aliphatic carbocycles. The first kappa shape index (κ1) is 25.1. The number of carbonyl (C=O) groups is 2. The van der Waals surface area contributed by atoms with Crippen LogP contribution in [0.3, 0.4) is 0 Å². The number of hydrogen-bond donors (Lipinski definition) is 1. The number of benzene rings is 4. The van der Waals surface area contributed by atoms with Gasteiger partial charge in [-0.2, -0.15) is 0 Å². The topological polar surface area (TPSA) is 60.9 Å². The van der Waals surface area contributed by atoms with Crippen molar-refractivity contribution in [1.82, 2.24) is 0 Å². The molecular formula is C31H26F2N2O3. The van der Waals surface area contributed by atoms with Crippen molar-refractivity contribution >= 4 is 39.6 Å². The zero-order chi connectivity index (χ0) is 27.0. The molecule has 7 heteroatoms. The van der Waals surface area contributed by atoms with Gasteiger partial charge in [0.15, 0.2) is 11.6 Å². The molecule has 1 saturated heterocycles. The normalized spacial score (nSPS) is 16.8. The van der Waals surface area contributed by atoms with Crippen molar-refractivity contribution in [3.8, 4) is 0 Å². The molecule has 1 unspecified atom stereocenters. The Kier molecular flexibility index (Phi) is 6.68. The monoisotopic (exact) mass is 512 g/mol. The fraction of sp³-hybridized carbons (Fsp3) is 0.161. The number of anilines is 2. The molecule has 0 aromatic heterocycles. The van der Waals surface area contributed by atoms with Crippen LogP contribution in [0.15, 0.2) is 90.5 Å². The smallest absolute Gasteiger partial charge is 0.300 e. The Morgan fingerprint density at radius 2 is 1.53 bits per heavy atom. The van der Waals surface area contributed by atoms with Crippen molar-refractivity contribution in [3.63, 3.8) is 0 Å². The third-order valence-electron chi connectivity index (χ3n) is 6.99. The minimum absolute atomic E-state index is 0.0152. The summed E-state index contributed by atoms with van der Waals surface area (Å²) in [4.78, 5) is 30.0. The Labute approximate surface area is 219 Å². The summed E-state index contributed by atoms with van der Waals surface area (Å²) < 4.78 is 27.9. The van der Waals surface area contributed by atoms with E-state index in [1.54, 1.807) is 24.3 Å². The minimum Gasteiger partial charge on any atom is -0.507 e. The summed E-state index contributed by atoms with van der Waals surface area (Å²) in [5.41, 5.74) is 1.77. The highest BCUT2D eigenvalue weighted by Gasteiger charge is 2.47. The Morgan fingerprint density at radius 1 is 0.842 bits per heavy atom. The average Bonchev–Trinajstić information content (AvgIpc) is 3.20. The molecule has 0 radical (unpaired) electrons. The largest absolute Gasteiger partial charge is 0.507 e. The highest BCUT2D eigenvalue weighted by Crippen LogP contribution is 2.43. The highest BCUT2D eigenvalue weighted by molar-refractivity contribution is 6.51. The second-order valence-electron chi connectivity index (χ2n) is 9.09. The molecule has 38 heavy (non-hydrogen) atoms. The Morgan fingerprint density at radius 3 is 2.18 bits per heavy atom. The number of hydrogen-bond acceptors (Lipinski definition) is 4. The van der Waals surface area contributed by atoms with Gasteiger partial charge in [-0.3, -0.25) is 14.5 Å². The summed E-state index contributed by atoms with van der Waals surface area (Å²) in [6.45, 7) is 5.67. The minimum atomic E-state index is -1.14. The second kappa shape index (κ2) is 10.1. The van der Waals surface area contributed by atoms with E-state index in [0.717, 1.165) is 46.6 Å². The molecule has 1 aliphatic rings. The molecule has 5 rings (SSSR count). The molecule has 1 atom stereocenters. The summed E-state index contributed by atoms with van der Waals surface area (Å²) in [6.07, 6.45) is 0. The molecule has 1 amide bonds. The fourth-order valence-corrected chi connectivity index (χ4v) is 5.00. The van der Waals surface area contributed by atoms with E-state index >= 15 is 0 Å². The lowest BCUT2D eigenvalue weighted by Crippen LogP contribution is -2.29. The molecule has 5 nitrogen and oxygen atoms in total. The summed E-state index contributed by atoms with van der Waals surface area (Å²) in [5.74, 6) is -4.39. The maximum absolute atomic E-state index is 14.2. The van der Waals surface area contributed by atoms with Gasteiger partial charge in [0.05, 0.1) is 11.6 Å². The molecule has 1 N–H and O–H groups in total. The predicted molar refractivity (Wildman–Crippen MR) is 145 cm³/mol. The number of aliphatic hydroxyl groups excluding tert-OH is 1. The first-order valence-corrected chi connectivity index (χ1v) is 12.4. The fourth-order valence-electron chi connectivity index (χ4n) is 5.00. The van der Waals surface area contributed by atoms with E-state index in [2.05, 4.69) is 4.90 Å². The van der Waals surface area contributed by atoms with Crippen LogP contribution in [-0.4, -0.2) is 29.9 Å². The lowest BCUT2D eigenvalue weighted by Gasteiger charge is -2.27. The zero-order valence-corrected chi connectivity index (χ0v) is 21.0. The maximum atomic E-state index is 14.2. The molecule has 1 aliphatic heterocycles. The van der Waals surface area contributed by atoms with Crippen molar-refractivity contribution in [2.75, 3.05) is 22.9 Å². The molecule has 1 heterocycles. The predicted octanol–water partition coefficient (Wildman–Crippen LogP) is 6.59. The van der Waals surface area contributed by atoms with Gasteiger partial charge in [0.2, 0.25) is 0 Å². The van der Waals surface area contributed by atoms with E-state index < -0.39 is 29.4 Å². The molecule has 0 bridgehead atoms. The van der Waals surface area contributed by atoms with Gasteiger partial charge in [0.25, 0.3) is 11.7 Å². The summed E-state index contributed by atoms with van der Waals surface area (Å²) >= 11 is 0. The van der Waals surface area contributed by atoms with Crippen LogP contribution in [0.2, 0.25) is 0 Å². The number of amides is 1. The quantitative estimate of drug-likeness (QED) is 0.180. The molecule has 4 aromatic carbocycles. The van der Waals surface area contributed by atoms with Gasteiger partial charge in [-0.05, 0) is 60.5 Å².